The third-order valence-corrected chi connectivity index (χ3v) is 3.85. The molecule has 0 fully saturated rings. The van der Waals surface area contributed by atoms with Gasteiger partial charge in [-0.2, -0.15) is 0 Å². The fourth-order valence-electron chi connectivity index (χ4n) is 2.55. The molecule has 2 rings (SSSR count). The number of allylic oxidation sites excluding steroid dienone is 1. The topological polar surface area (TPSA) is 54.4 Å². The third kappa shape index (κ3) is 2.60. The summed E-state index contributed by atoms with van der Waals surface area (Å²) in [6.07, 6.45) is 2.82. The molecule has 0 bridgehead atoms. The van der Waals surface area contributed by atoms with Crippen molar-refractivity contribution in [2.75, 3.05) is 0 Å². The highest BCUT2D eigenvalue weighted by Gasteiger charge is 2.25. The number of hydrogen-bond acceptors (Lipinski definition) is 2. The van der Waals surface area contributed by atoms with Crippen LogP contribution in [0.15, 0.2) is 29.3 Å². The Balaban J connectivity index is 2.48. The van der Waals surface area contributed by atoms with Crippen LogP contribution in [0.1, 0.15) is 47.2 Å². The zero-order valence-corrected chi connectivity index (χ0v) is 11.3. The van der Waals surface area contributed by atoms with Gasteiger partial charge < -0.3 is 5.11 Å². The second-order valence-corrected chi connectivity index (χ2v) is 5.05. The third-order valence-electron chi connectivity index (χ3n) is 3.85. The smallest absolute Gasteiger partial charge is 0.331 e. The quantitative estimate of drug-likeness (QED) is 0.845. The van der Waals surface area contributed by atoms with Gasteiger partial charge in [0.2, 0.25) is 0 Å². The first-order chi connectivity index (χ1) is 9.02. The summed E-state index contributed by atoms with van der Waals surface area (Å²) < 4.78 is 0. The van der Waals surface area contributed by atoms with Gasteiger partial charge in [0.05, 0.1) is 0 Å². The van der Waals surface area contributed by atoms with E-state index in [1.165, 1.54) is 0 Å². The Morgan fingerprint density at radius 3 is 2.32 bits per heavy atom. The molecule has 1 aliphatic rings. The fourth-order valence-corrected chi connectivity index (χ4v) is 2.55. The molecular weight excluding hydrogens is 240 g/mol. The first-order valence-corrected chi connectivity index (χ1v) is 6.58. The molecule has 1 aromatic rings. The molecule has 0 heterocycles. The van der Waals surface area contributed by atoms with E-state index >= 15 is 0 Å². The number of Topliss-reactive ketones (excluding diaryl/α,β-unsaturated/α-hetero) is 1. The van der Waals surface area contributed by atoms with Crippen LogP contribution in [0, 0.1) is 13.8 Å². The Labute approximate surface area is 113 Å². The molecule has 1 aromatic carbocycles. The number of hydrogen-bond donors (Lipinski definition) is 1. The van der Waals surface area contributed by atoms with Crippen LogP contribution in [0.25, 0.3) is 0 Å². The van der Waals surface area contributed by atoms with E-state index in [9.17, 15) is 14.7 Å². The van der Waals surface area contributed by atoms with Crippen molar-refractivity contribution in [3.8, 4) is 0 Å². The molecule has 0 spiro atoms. The van der Waals surface area contributed by atoms with Crippen LogP contribution in [0.3, 0.4) is 0 Å². The molecule has 100 valence electrons. The molecule has 0 amide bonds. The molecule has 0 aromatic heterocycles. The molecular formula is C16H18O3. The van der Waals surface area contributed by atoms with Gasteiger partial charge in [0.15, 0.2) is 5.78 Å². The Hall–Kier alpha value is -1.90. The van der Waals surface area contributed by atoms with Crippen LogP contribution < -0.4 is 0 Å². The molecule has 1 N–H and O–H groups in total. The average Bonchev–Trinajstić information content (AvgIpc) is 2.41. The first kappa shape index (κ1) is 13.5. The van der Waals surface area contributed by atoms with E-state index in [4.69, 9.17) is 0 Å². The van der Waals surface area contributed by atoms with Crippen molar-refractivity contribution in [3.05, 3.63) is 46.0 Å². The van der Waals surface area contributed by atoms with Gasteiger partial charge in [0.25, 0.3) is 0 Å². The van der Waals surface area contributed by atoms with E-state index in [0.717, 1.165) is 24.0 Å². The number of benzene rings is 1. The van der Waals surface area contributed by atoms with Crippen LogP contribution in [0.5, 0.6) is 0 Å². The lowest BCUT2D eigenvalue weighted by atomic mass is 9.85. The van der Waals surface area contributed by atoms with Gasteiger partial charge in [0.1, 0.15) is 0 Å². The van der Waals surface area contributed by atoms with E-state index in [1.807, 2.05) is 26.0 Å². The minimum Gasteiger partial charge on any atom is -0.478 e. The van der Waals surface area contributed by atoms with Gasteiger partial charge >= 0.3 is 5.97 Å². The summed E-state index contributed by atoms with van der Waals surface area (Å²) >= 11 is 0. The normalized spacial score (nSPS) is 15.5. The number of rotatable bonds is 3. The maximum atomic E-state index is 12.6. The molecule has 0 saturated heterocycles. The Morgan fingerprint density at radius 1 is 1.05 bits per heavy atom. The van der Waals surface area contributed by atoms with Crippen molar-refractivity contribution in [2.45, 2.75) is 39.5 Å². The van der Waals surface area contributed by atoms with Gasteiger partial charge in [-0.15, -0.1) is 0 Å². The highest BCUT2D eigenvalue weighted by Crippen LogP contribution is 2.29. The SMILES string of the molecule is Cc1cccc(C(=O)C2=C(C(=O)O)CCCC2)c1C. The second kappa shape index (κ2) is 5.39. The van der Waals surface area contributed by atoms with Gasteiger partial charge in [-0.25, -0.2) is 4.79 Å². The van der Waals surface area contributed by atoms with Gasteiger partial charge in [-0.1, -0.05) is 18.2 Å². The molecule has 0 saturated carbocycles. The Bertz CT molecular complexity index is 567. The van der Waals surface area contributed by atoms with Crippen LogP contribution >= 0.6 is 0 Å². The van der Waals surface area contributed by atoms with Crippen LogP contribution in [0.4, 0.5) is 0 Å². The maximum Gasteiger partial charge on any atom is 0.331 e. The van der Waals surface area contributed by atoms with E-state index in [2.05, 4.69) is 0 Å². The van der Waals surface area contributed by atoms with Crippen LogP contribution in [-0.4, -0.2) is 16.9 Å². The van der Waals surface area contributed by atoms with Crippen molar-refractivity contribution in [1.29, 1.82) is 0 Å². The van der Waals surface area contributed by atoms with Gasteiger partial charge in [0, 0.05) is 16.7 Å². The molecule has 0 radical (unpaired) electrons. The second-order valence-electron chi connectivity index (χ2n) is 5.05. The minimum absolute atomic E-state index is 0.113. The number of carbonyl (C=O) groups is 2. The van der Waals surface area contributed by atoms with E-state index < -0.39 is 5.97 Å². The van der Waals surface area contributed by atoms with E-state index in [-0.39, 0.29) is 5.78 Å². The molecule has 0 atom stereocenters. The standard InChI is InChI=1S/C16H18O3/c1-10-6-5-9-12(11(10)2)15(17)13-7-3-4-8-14(13)16(18)19/h5-6,9H,3-4,7-8H2,1-2H3,(H,18,19). The molecule has 3 heteroatoms. The van der Waals surface area contributed by atoms with Crippen molar-refractivity contribution >= 4 is 11.8 Å². The van der Waals surface area contributed by atoms with Gasteiger partial charge in [-0.05, 0) is 50.7 Å². The van der Waals surface area contributed by atoms with Crippen molar-refractivity contribution in [1.82, 2.24) is 0 Å². The number of carbonyl (C=O) groups excluding carboxylic acids is 1. The highest BCUT2D eigenvalue weighted by molar-refractivity contribution is 6.13. The molecule has 1 aliphatic carbocycles. The summed E-state index contributed by atoms with van der Waals surface area (Å²) in [4.78, 5) is 23.8. The monoisotopic (exact) mass is 258 g/mol. The van der Waals surface area contributed by atoms with E-state index in [1.54, 1.807) is 6.07 Å². The van der Waals surface area contributed by atoms with Crippen LogP contribution in [0.2, 0.25) is 0 Å². The maximum absolute atomic E-state index is 12.6. The summed E-state index contributed by atoms with van der Waals surface area (Å²) in [5.41, 5.74) is 3.43. The minimum atomic E-state index is -0.951. The van der Waals surface area contributed by atoms with Crippen molar-refractivity contribution < 1.29 is 14.7 Å². The summed E-state index contributed by atoms with van der Waals surface area (Å²) in [6.45, 7) is 3.87. The highest BCUT2D eigenvalue weighted by atomic mass is 16.4. The summed E-state index contributed by atoms with van der Waals surface area (Å²) in [6, 6.07) is 5.59. The summed E-state index contributed by atoms with van der Waals surface area (Å²) in [7, 11) is 0. The number of aliphatic carboxylic acids is 1. The number of ketones is 1. The predicted octanol–water partition coefficient (Wildman–Crippen LogP) is 3.44. The lowest BCUT2D eigenvalue weighted by Crippen LogP contribution is -2.16. The van der Waals surface area contributed by atoms with Gasteiger partial charge in [-0.3, -0.25) is 4.79 Å². The van der Waals surface area contributed by atoms with E-state index in [0.29, 0.717) is 29.6 Å². The number of carboxylic acids is 1. The predicted molar refractivity (Wildman–Crippen MR) is 73.4 cm³/mol. The van der Waals surface area contributed by atoms with Crippen molar-refractivity contribution in [3.63, 3.8) is 0 Å². The Morgan fingerprint density at radius 2 is 1.68 bits per heavy atom. The summed E-state index contributed by atoms with van der Waals surface area (Å²) in [5.74, 6) is -1.06. The molecule has 3 nitrogen and oxygen atoms in total. The van der Waals surface area contributed by atoms with Crippen molar-refractivity contribution in [2.24, 2.45) is 0 Å². The zero-order chi connectivity index (χ0) is 14.0. The van der Waals surface area contributed by atoms with Crippen LogP contribution in [-0.2, 0) is 4.79 Å². The zero-order valence-electron chi connectivity index (χ0n) is 11.3. The Kier molecular flexibility index (Phi) is 3.84. The molecule has 0 aliphatic heterocycles. The molecule has 0 unspecified atom stereocenters. The summed E-state index contributed by atoms with van der Waals surface area (Å²) in [5, 5.41) is 9.22. The number of aryl methyl sites for hydroxylation is 1. The average molecular weight is 258 g/mol. The fraction of sp³-hybridized carbons (Fsp3) is 0.375. The lowest BCUT2D eigenvalue weighted by Gasteiger charge is -2.18. The lowest BCUT2D eigenvalue weighted by molar-refractivity contribution is -0.133. The number of carboxylic acid groups (broad SMARTS) is 1. The largest absolute Gasteiger partial charge is 0.478 e. The molecule has 19 heavy (non-hydrogen) atoms. The first-order valence-electron chi connectivity index (χ1n) is 6.58.